The monoisotopic (exact) mass is 284 g/mol. The number of hydrogen-bond donors (Lipinski definition) is 2. The highest BCUT2D eigenvalue weighted by molar-refractivity contribution is 6.33. The summed E-state index contributed by atoms with van der Waals surface area (Å²) in [5.74, 6) is -0.202. The van der Waals surface area contributed by atoms with E-state index in [1.54, 1.807) is 25.3 Å². The van der Waals surface area contributed by atoms with Crippen molar-refractivity contribution < 1.29 is 14.3 Å². The van der Waals surface area contributed by atoms with E-state index in [2.05, 4.69) is 5.32 Å². The van der Waals surface area contributed by atoms with Gasteiger partial charge in [-0.2, -0.15) is 0 Å². The molecule has 0 bridgehead atoms. The molecule has 0 aliphatic carbocycles. The first-order valence-corrected chi connectivity index (χ1v) is 6.40. The second kappa shape index (κ2) is 5.77. The van der Waals surface area contributed by atoms with Crippen molar-refractivity contribution in [3.05, 3.63) is 28.8 Å². The van der Waals surface area contributed by atoms with E-state index in [4.69, 9.17) is 26.8 Å². The SMILES string of the molecule is COC1(CNC(=O)c2ccc(Cl)c(N)c2)CCOC1. The Morgan fingerprint density at radius 1 is 1.63 bits per heavy atom. The van der Waals surface area contributed by atoms with Gasteiger partial charge in [-0.1, -0.05) is 11.6 Å². The van der Waals surface area contributed by atoms with E-state index in [0.29, 0.717) is 36.0 Å². The number of methoxy groups -OCH3 is 1. The standard InChI is InChI=1S/C13H17ClN2O3/c1-18-13(4-5-19-8-13)7-16-12(17)9-2-3-10(14)11(15)6-9/h2-3,6H,4-5,7-8,15H2,1H3,(H,16,17). The molecule has 0 spiro atoms. The topological polar surface area (TPSA) is 73.6 Å². The highest BCUT2D eigenvalue weighted by Crippen LogP contribution is 2.22. The number of amides is 1. The molecule has 5 nitrogen and oxygen atoms in total. The van der Waals surface area contributed by atoms with Crippen LogP contribution in [0.15, 0.2) is 18.2 Å². The number of nitrogens with two attached hydrogens (primary N) is 1. The summed E-state index contributed by atoms with van der Waals surface area (Å²) in [4.78, 5) is 12.0. The highest BCUT2D eigenvalue weighted by Gasteiger charge is 2.35. The van der Waals surface area contributed by atoms with Crippen molar-refractivity contribution in [3.63, 3.8) is 0 Å². The van der Waals surface area contributed by atoms with Crippen LogP contribution in [0, 0.1) is 0 Å². The van der Waals surface area contributed by atoms with E-state index < -0.39 is 5.60 Å². The molecule has 3 N–H and O–H groups in total. The molecule has 1 atom stereocenters. The molecule has 1 amide bonds. The minimum Gasteiger partial charge on any atom is -0.398 e. The van der Waals surface area contributed by atoms with E-state index in [-0.39, 0.29) is 5.91 Å². The Kier molecular flexibility index (Phi) is 4.29. The largest absolute Gasteiger partial charge is 0.398 e. The smallest absolute Gasteiger partial charge is 0.251 e. The van der Waals surface area contributed by atoms with Gasteiger partial charge >= 0.3 is 0 Å². The Bertz CT molecular complexity index is 473. The minimum atomic E-state index is -0.423. The van der Waals surface area contributed by atoms with E-state index in [9.17, 15) is 4.79 Å². The second-order valence-corrected chi connectivity index (χ2v) is 5.02. The molecule has 1 heterocycles. The number of nitrogen functional groups attached to an aromatic ring is 1. The fraction of sp³-hybridized carbons (Fsp3) is 0.462. The van der Waals surface area contributed by atoms with Crippen LogP contribution in [0.5, 0.6) is 0 Å². The number of anilines is 1. The van der Waals surface area contributed by atoms with Crippen LogP contribution in [-0.2, 0) is 9.47 Å². The third kappa shape index (κ3) is 3.18. The number of ether oxygens (including phenoxy) is 2. The van der Waals surface area contributed by atoms with E-state index in [0.717, 1.165) is 6.42 Å². The zero-order chi connectivity index (χ0) is 13.9. The van der Waals surface area contributed by atoms with Crippen molar-refractivity contribution in [1.29, 1.82) is 0 Å². The molecule has 1 fully saturated rings. The number of rotatable bonds is 4. The zero-order valence-electron chi connectivity index (χ0n) is 10.7. The van der Waals surface area contributed by atoms with Gasteiger partial charge in [0.1, 0.15) is 5.60 Å². The predicted octanol–water partition coefficient (Wildman–Crippen LogP) is 1.46. The van der Waals surface area contributed by atoms with Crippen LogP contribution in [0.4, 0.5) is 5.69 Å². The number of benzene rings is 1. The molecule has 2 rings (SSSR count). The molecule has 1 aliphatic heterocycles. The lowest BCUT2D eigenvalue weighted by molar-refractivity contribution is -0.0148. The van der Waals surface area contributed by atoms with E-state index in [1.165, 1.54) is 0 Å². The number of carbonyl (C=O) groups excluding carboxylic acids is 1. The molecule has 1 aliphatic rings. The van der Waals surface area contributed by atoms with Crippen molar-refractivity contribution in [1.82, 2.24) is 5.32 Å². The lowest BCUT2D eigenvalue weighted by Crippen LogP contribution is -2.45. The van der Waals surface area contributed by atoms with E-state index in [1.807, 2.05) is 0 Å². The molecule has 0 aromatic heterocycles. The van der Waals surface area contributed by atoms with Crippen molar-refractivity contribution in [3.8, 4) is 0 Å². The van der Waals surface area contributed by atoms with Crippen LogP contribution >= 0.6 is 11.6 Å². The van der Waals surface area contributed by atoms with Crippen LogP contribution in [0.3, 0.4) is 0 Å². The molecule has 0 radical (unpaired) electrons. The molecule has 104 valence electrons. The fourth-order valence-electron chi connectivity index (χ4n) is 1.99. The van der Waals surface area contributed by atoms with Crippen molar-refractivity contribution in [2.75, 3.05) is 32.6 Å². The molecule has 1 saturated heterocycles. The van der Waals surface area contributed by atoms with Crippen LogP contribution in [0.25, 0.3) is 0 Å². The Balaban J connectivity index is 1.99. The first kappa shape index (κ1) is 14.1. The van der Waals surface area contributed by atoms with Gasteiger partial charge in [0.05, 0.1) is 17.3 Å². The minimum absolute atomic E-state index is 0.202. The Hall–Kier alpha value is -1.30. The molecule has 19 heavy (non-hydrogen) atoms. The van der Waals surface area contributed by atoms with Gasteiger partial charge in [0.15, 0.2) is 0 Å². The summed E-state index contributed by atoms with van der Waals surface area (Å²) in [5.41, 5.74) is 6.12. The van der Waals surface area contributed by atoms with Crippen LogP contribution in [0.2, 0.25) is 5.02 Å². The first-order valence-electron chi connectivity index (χ1n) is 6.02. The maximum atomic E-state index is 12.0. The summed E-state index contributed by atoms with van der Waals surface area (Å²) in [7, 11) is 1.63. The summed E-state index contributed by atoms with van der Waals surface area (Å²) in [6, 6.07) is 4.80. The van der Waals surface area contributed by atoms with Gasteiger partial charge in [-0.15, -0.1) is 0 Å². The molecule has 0 saturated carbocycles. The summed E-state index contributed by atoms with van der Waals surface area (Å²) in [6.07, 6.45) is 0.770. The molecule has 1 aromatic rings. The van der Waals surface area contributed by atoms with Gasteiger partial charge in [-0.3, -0.25) is 4.79 Å². The maximum Gasteiger partial charge on any atom is 0.251 e. The Labute approximate surface area is 117 Å². The van der Waals surface area contributed by atoms with Gasteiger partial charge < -0.3 is 20.5 Å². The van der Waals surface area contributed by atoms with Crippen LogP contribution < -0.4 is 11.1 Å². The second-order valence-electron chi connectivity index (χ2n) is 4.61. The maximum absolute atomic E-state index is 12.0. The number of carbonyl (C=O) groups is 1. The van der Waals surface area contributed by atoms with Gasteiger partial charge in [-0.05, 0) is 18.2 Å². The van der Waals surface area contributed by atoms with Crippen LogP contribution in [0.1, 0.15) is 16.8 Å². The van der Waals surface area contributed by atoms with Crippen LogP contribution in [-0.4, -0.2) is 38.4 Å². The molecule has 1 unspecified atom stereocenters. The summed E-state index contributed by atoms with van der Waals surface area (Å²) < 4.78 is 10.8. The number of hydrogen-bond acceptors (Lipinski definition) is 4. The molecule has 1 aromatic carbocycles. The van der Waals surface area contributed by atoms with Gasteiger partial charge in [-0.25, -0.2) is 0 Å². The molecule has 6 heteroatoms. The summed E-state index contributed by atoms with van der Waals surface area (Å²) in [5, 5.41) is 3.28. The lowest BCUT2D eigenvalue weighted by atomic mass is 10.0. The van der Waals surface area contributed by atoms with Gasteiger partial charge in [0.25, 0.3) is 5.91 Å². The zero-order valence-corrected chi connectivity index (χ0v) is 11.5. The number of nitrogens with one attached hydrogen (secondary N) is 1. The van der Waals surface area contributed by atoms with E-state index >= 15 is 0 Å². The fourth-order valence-corrected chi connectivity index (χ4v) is 2.11. The predicted molar refractivity (Wildman–Crippen MR) is 73.4 cm³/mol. The van der Waals surface area contributed by atoms with Crippen molar-refractivity contribution in [2.24, 2.45) is 0 Å². The van der Waals surface area contributed by atoms with Crippen molar-refractivity contribution in [2.45, 2.75) is 12.0 Å². The average molecular weight is 285 g/mol. The van der Waals surface area contributed by atoms with Crippen molar-refractivity contribution >= 4 is 23.2 Å². The lowest BCUT2D eigenvalue weighted by Gasteiger charge is -2.25. The number of halogens is 1. The first-order chi connectivity index (χ1) is 9.06. The third-order valence-corrected chi connectivity index (χ3v) is 3.67. The summed E-state index contributed by atoms with van der Waals surface area (Å²) >= 11 is 5.82. The normalized spacial score (nSPS) is 22.4. The highest BCUT2D eigenvalue weighted by atomic mass is 35.5. The Morgan fingerprint density at radius 2 is 2.42 bits per heavy atom. The Morgan fingerprint density at radius 3 is 3.00 bits per heavy atom. The average Bonchev–Trinajstić information content (AvgIpc) is 2.89. The quantitative estimate of drug-likeness (QED) is 0.821. The third-order valence-electron chi connectivity index (χ3n) is 3.33. The molecular weight excluding hydrogens is 268 g/mol. The van der Waals surface area contributed by atoms with Gasteiger partial charge in [0, 0.05) is 32.2 Å². The van der Waals surface area contributed by atoms with Gasteiger partial charge in [0.2, 0.25) is 0 Å². The molecular formula is C13H17ClN2O3. The summed E-state index contributed by atoms with van der Waals surface area (Å²) in [6.45, 7) is 1.55.